The van der Waals surface area contributed by atoms with Crippen LogP contribution in [0.4, 0.5) is 13.2 Å². The number of aromatic nitrogens is 2. The van der Waals surface area contributed by atoms with E-state index in [-0.39, 0.29) is 12.5 Å². The first-order chi connectivity index (χ1) is 10.9. The lowest BCUT2D eigenvalue weighted by atomic mass is 10.2. The van der Waals surface area contributed by atoms with Crippen LogP contribution in [0, 0.1) is 11.8 Å². The van der Waals surface area contributed by atoms with Crippen LogP contribution in [0.2, 0.25) is 5.02 Å². The second-order valence-corrected chi connectivity index (χ2v) is 6.44. The molecule has 2 aliphatic rings. The van der Waals surface area contributed by atoms with Gasteiger partial charge < -0.3 is 4.52 Å². The fourth-order valence-electron chi connectivity index (χ4n) is 3.53. The van der Waals surface area contributed by atoms with Crippen LogP contribution in [0.1, 0.15) is 12.3 Å². The average Bonchev–Trinajstić information content (AvgIpc) is 2.84. The molecule has 2 fully saturated rings. The van der Waals surface area contributed by atoms with Gasteiger partial charge in [-0.2, -0.15) is 18.2 Å². The van der Waals surface area contributed by atoms with Crippen LogP contribution in [0.25, 0.3) is 11.4 Å². The quantitative estimate of drug-likeness (QED) is 0.850. The van der Waals surface area contributed by atoms with Gasteiger partial charge in [-0.05, 0) is 31.0 Å². The maximum atomic E-state index is 12.8. The molecule has 4 rings (SSSR count). The third kappa shape index (κ3) is 2.72. The zero-order chi connectivity index (χ0) is 16.2. The van der Waals surface area contributed by atoms with Gasteiger partial charge in [0.15, 0.2) is 0 Å². The predicted molar refractivity (Wildman–Crippen MR) is 76.6 cm³/mol. The molecule has 23 heavy (non-hydrogen) atoms. The number of hydrogen-bond donors (Lipinski definition) is 0. The Balaban J connectivity index is 1.47. The van der Waals surface area contributed by atoms with Crippen molar-refractivity contribution in [1.82, 2.24) is 15.0 Å². The Hall–Kier alpha value is -1.60. The van der Waals surface area contributed by atoms with Crippen molar-refractivity contribution in [3.63, 3.8) is 0 Å². The lowest BCUT2D eigenvalue weighted by Gasteiger charge is -2.18. The van der Waals surface area contributed by atoms with Gasteiger partial charge >= 0.3 is 6.18 Å². The Labute approximate surface area is 135 Å². The fourth-order valence-corrected chi connectivity index (χ4v) is 3.72. The molecule has 8 heteroatoms. The van der Waals surface area contributed by atoms with Gasteiger partial charge in [-0.25, -0.2) is 0 Å². The lowest BCUT2D eigenvalue weighted by molar-refractivity contribution is -0.157. The Bertz CT molecular complexity index is 733. The summed E-state index contributed by atoms with van der Waals surface area (Å²) in [7, 11) is 0. The van der Waals surface area contributed by atoms with E-state index in [1.54, 1.807) is 29.2 Å². The highest BCUT2D eigenvalue weighted by Gasteiger charge is 2.68. The monoisotopic (exact) mass is 343 g/mol. The van der Waals surface area contributed by atoms with Gasteiger partial charge in [0.1, 0.15) is 0 Å². The summed E-state index contributed by atoms with van der Waals surface area (Å²) >= 11 is 5.92. The molecular formula is C15H13ClF3N3O. The van der Waals surface area contributed by atoms with E-state index >= 15 is 0 Å². The van der Waals surface area contributed by atoms with Gasteiger partial charge in [-0.1, -0.05) is 28.9 Å². The number of hydrogen-bond acceptors (Lipinski definition) is 4. The van der Waals surface area contributed by atoms with E-state index in [1.807, 2.05) is 0 Å². The maximum Gasteiger partial charge on any atom is 0.393 e. The standard InChI is InChI=1S/C15H13ClF3N3O/c16-9-3-1-2-8(6-9)14-20-11(23-21-14)7-22-5-4-10-12(13(10)22)15(17,18)19/h1-3,6,10,12-13H,4-5,7H2. The molecule has 1 aromatic carbocycles. The molecule has 1 aromatic heterocycles. The number of rotatable bonds is 3. The summed E-state index contributed by atoms with van der Waals surface area (Å²) in [6, 6.07) is 6.59. The molecule has 0 radical (unpaired) electrons. The summed E-state index contributed by atoms with van der Waals surface area (Å²) in [6.45, 7) is 0.887. The topological polar surface area (TPSA) is 42.2 Å². The molecule has 0 bridgehead atoms. The smallest absolute Gasteiger partial charge is 0.338 e. The van der Waals surface area contributed by atoms with Gasteiger partial charge in [0.25, 0.3) is 0 Å². The molecule has 4 nitrogen and oxygen atoms in total. The third-order valence-electron chi connectivity index (χ3n) is 4.57. The number of nitrogens with zero attached hydrogens (tertiary/aromatic N) is 3. The van der Waals surface area contributed by atoms with Crippen molar-refractivity contribution in [2.45, 2.75) is 25.2 Å². The number of piperidine rings is 1. The zero-order valence-corrected chi connectivity index (χ0v) is 12.7. The molecule has 2 aromatic rings. The largest absolute Gasteiger partial charge is 0.393 e. The van der Waals surface area contributed by atoms with Gasteiger partial charge in [0, 0.05) is 16.6 Å². The molecule has 2 heterocycles. The summed E-state index contributed by atoms with van der Waals surface area (Å²) in [5.74, 6) is -0.758. The van der Waals surface area contributed by atoms with E-state index in [1.165, 1.54) is 0 Å². The highest BCUT2D eigenvalue weighted by molar-refractivity contribution is 6.30. The minimum absolute atomic E-state index is 0.251. The molecule has 1 aliphatic heterocycles. The summed E-state index contributed by atoms with van der Waals surface area (Å²) < 4.78 is 43.7. The van der Waals surface area contributed by atoms with Crippen LogP contribution in [0.5, 0.6) is 0 Å². The van der Waals surface area contributed by atoms with Gasteiger partial charge in [0.2, 0.25) is 11.7 Å². The zero-order valence-electron chi connectivity index (χ0n) is 11.9. The molecule has 3 unspecified atom stereocenters. The molecule has 0 amide bonds. The Morgan fingerprint density at radius 2 is 2.17 bits per heavy atom. The van der Waals surface area contributed by atoms with E-state index in [0.29, 0.717) is 35.3 Å². The van der Waals surface area contributed by atoms with Crippen molar-refractivity contribution in [2.24, 2.45) is 11.8 Å². The van der Waals surface area contributed by atoms with Crippen LogP contribution in [-0.4, -0.2) is 33.8 Å². The van der Waals surface area contributed by atoms with Crippen LogP contribution < -0.4 is 0 Å². The van der Waals surface area contributed by atoms with Gasteiger partial charge in [0.05, 0.1) is 12.5 Å². The fraction of sp³-hybridized carbons (Fsp3) is 0.467. The van der Waals surface area contributed by atoms with Crippen molar-refractivity contribution < 1.29 is 17.7 Å². The molecule has 1 aliphatic carbocycles. The molecule has 1 saturated heterocycles. The predicted octanol–water partition coefficient (Wildman–Crippen LogP) is 3.77. The van der Waals surface area contributed by atoms with Gasteiger partial charge in [-0.15, -0.1) is 0 Å². The molecule has 3 atom stereocenters. The molecule has 0 spiro atoms. The first-order valence-electron chi connectivity index (χ1n) is 7.33. The minimum atomic E-state index is -4.12. The normalized spacial score (nSPS) is 27.2. The highest BCUT2D eigenvalue weighted by atomic mass is 35.5. The van der Waals surface area contributed by atoms with Crippen LogP contribution in [0.15, 0.2) is 28.8 Å². The van der Waals surface area contributed by atoms with Crippen LogP contribution in [0.3, 0.4) is 0 Å². The van der Waals surface area contributed by atoms with E-state index in [0.717, 1.165) is 0 Å². The lowest BCUT2D eigenvalue weighted by Crippen LogP contribution is -2.29. The van der Waals surface area contributed by atoms with Crippen molar-refractivity contribution in [2.75, 3.05) is 6.54 Å². The van der Waals surface area contributed by atoms with E-state index in [4.69, 9.17) is 16.1 Å². The summed E-state index contributed by atoms with van der Waals surface area (Å²) in [4.78, 5) is 6.06. The number of fused-ring (bicyclic) bond motifs is 1. The average molecular weight is 344 g/mol. The van der Waals surface area contributed by atoms with E-state index in [9.17, 15) is 13.2 Å². The number of likely N-dealkylation sites (tertiary alicyclic amines) is 1. The van der Waals surface area contributed by atoms with Crippen molar-refractivity contribution in [3.8, 4) is 11.4 Å². The summed E-state index contributed by atoms with van der Waals surface area (Å²) in [5, 5.41) is 4.44. The second-order valence-electron chi connectivity index (χ2n) is 6.00. The van der Waals surface area contributed by atoms with Gasteiger partial charge in [-0.3, -0.25) is 4.90 Å². The second kappa shape index (κ2) is 5.21. The summed E-state index contributed by atoms with van der Waals surface area (Å²) in [5.41, 5.74) is 0.714. The number of benzene rings is 1. The molecule has 122 valence electrons. The van der Waals surface area contributed by atoms with Crippen LogP contribution in [-0.2, 0) is 6.54 Å². The Kier molecular flexibility index (Phi) is 3.39. The Morgan fingerprint density at radius 1 is 1.35 bits per heavy atom. The molecule has 0 N–H and O–H groups in total. The SMILES string of the molecule is FC(F)(F)C1C2CCN(Cc3nc(-c4cccc(Cl)c4)no3)C21. The van der Waals surface area contributed by atoms with Crippen molar-refractivity contribution in [1.29, 1.82) is 0 Å². The van der Waals surface area contributed by atoms with Crippen molar-refractivity contribution >= 4 is 11.6 Å². The maximum absolute atomic E-state index is 12.8. The molecular weight excluding hydrogens is 331 g/mol. The molecule has 1 saturated carbocycles. The first kappa shape index (κ1) is 15.0. The number of halogens is 4. The first-order valence-corrected chi connectivity index (χ1v) is 7.70. The summed E-state index contributed by atoms with van der Waals surface area (Å²) in [6.07, 6.45) is -3.54. The van der Waals surface area contributed by atoms with Crippen molar-refractivity contribution in [3.05, 3.63) is 35.2 Å². The minimum Gasteiger partial charge on any atom is -0.338 e. The number of alkyl halides is 3. The van der Waals surface area contributed by atoms with Crippen LogP contribution >= 0.6 is 11.6 Å². The Morgan fingerprint density at radius 3 is 2.87 bits per heavy atom. The van der Waals surface area contributed by atoms with E-state index in [2.05, 4.69) is 10.1 Å². The van der Waals surface area contributed by atoms with E-state index < -0.39 is 18.1 Å². The third-order valence-corrected chi connectivity index (χ3v) is 4.80. The highest BCUT2D eigenvalue weighted by Crippen LogP contribution is 2.58.